The summed E-state index contributed by atoms with van der Waals surface area (Å²) in [5.74, 6) is 0. The molecule has 0 N–H and O–H groups in total. The van der Waals surface area contributed by atoms with E-state index in [0.29, 0.717) is 0 Å². The molecule has 0 heterocycles. The SMILES string of the molecule is CN(C)/C(=C/C=C/C(c1ccc(-c2ccccc2)cc1)=[N+](C)C)c1ccc(-c2ccccc2)cc1.[O-][Cl+3]([O-])([O-])[O-]. The van der Waals surface area contributed by atoms with Crippen LogP contribution in [0.2, 0.25) is 0 Å². The van der Waals surface area contributed by atoms with Crippen molar-refractivity contribution in [3.05, 3.63) is 139 Å². The van der Waals surface area contributed by atoms with E-state index in [9.17, 15) is 0 Å². The normalized spacial score (nSPS) is 11.6. The molecule has 0 atom stereocenters. The molecule has 0 aromatic heterocycles. The molecule has 0 aliphatic heterocycles. The summed E-state index contributed by atoms with van der Waals surface area (Å²) in [5, 5.41) is 0. The molecule has 6 nitrogen and oxygen atoms in total. The van der Waals surface area contributed by atoms with E-state index in [1.807, 2.05) is 12.1 Å². The van der Waals surface area contributed by atoms with Crippen LogP contribution in [0.15, 0.2) is 127 Å². The van der Waals surface area contributed by atoms with E-state index in [1.54, 1.807) is 0 Å². The molecule has 7 heteroatoms. The number of hydrogen-bond acceptors (Lipinski definition) is 5. The Balaban J connectivity index is 0.000000810. The van der Waals surface area contributed by atoms with Gasteiger partial charge in [-0.25, -0.2) is 23.2 Å². The van der Waals surface area contributed by atoms with Gasteiger partial charge in [-0.05, 0) is 46.0 Å². The Kier molecular flexibility index (Phi) is 11.0. The van der Waals surface area contributed by atoms with Gasteiger partial charge in [0.25, 0.3) is 0 Å². The van der Waals surface area contributed by atoms with Crippen LogP contribution in [0, 0.1) is 10.2 Å². The molecule has 0 aliphatic rings. The second-order valence-corrected chi connectivity index (χ2v) is 10.1. The molecule has 0 fully saturated rings. The van der Waals surface area contributed by atoms with Crippen molar-refractivity contribution in [3.8, 4) is 22.3 Å². The first-order chi connectivity index (χ1) is 19.0. The lowest BCUT2D eigenvalue weighted by Gasteiger charge is -2.17. The Hall–Kier alpha value is -4.04. The average molecular weight is 557 g/mol. The summed E-state index contributed by atoms with van der Waals surface area (Å²) in [6.45, 7) is 0. The molecule has 0 radical (unpaired) electrons. The molecular formula is C33H33ClN2O4. The zero-order valence-corrected chi connectivity index (χ0v) is 23.8. The lowest BCUT2D eigenvalue weighted by molar-refractivity contribution is -2.00. The van der Waals surface area contributed by atoms with Gasteiger partial charge in [0, 0.05) is 31.4 Å². The molecular weight excluding hydrogens is 524 g/mol. The summed E-state index contributed by atoms with van der Waals surface area (Å²) in [7, 11) is 3.40. The zero-order chi connectivity index (χ0) is 29.1. The van der Waals surface area contributed by atoms with Crippen LogP contribution >= 0.6 is 0 Å². The highest BCUT2D eigenvalue weighted by atomic mass is 35.7. The Morgan fingerprint density at radius 1 is 0.600 bits per heavy atom. The largest absolute Gasteiger partial charge is 0.377 e. The first-order valence-electron chi connectivity index (χ1n) is 12.6. The van der Waals surface area contributed by atoms with Gasteiger partial charge >= 0.3 is 0 Å². The van der Waals surface area contributed by atoms with Crippen molar-refractivity contribution in [2.75, 3.05) is 28.2 Å². The Bertz CT molecular complexity index is 1430. The van der Waals surface area contributed by atoms with Gasteiger partial charge in [-0.1, -0.05) is 103 Å². The molecule has 4 rings (SSSR count). The second kappa shape index (κ2) is 14.4. The fourth-order valence-electron chi connectivity index (χ4n) is 4.17. The van der Waals surface area contributed by atoms with E-state index in [4.69, 9.17) is 18.6 Å². The molecule has 40 heavy (non-hydrogen) atoms. The van der Waals surface area contributed by atoms with E-state index in [-0.39, 0.29) is 0 Å². The standard InChI is InChI=1S/C33H33N2.ClHO4/c1-34(2)32(30-22-18-28(19-23-30)26-12-7-5-8-13-26)16-11-17-33(35(3)4)31-24-20-29(21-25-31)27-14-9-6-10-15-27;2-1(3,4)5/h5-25H,1-4H3;(H,2,3,4,5)/q+1;/p-1. The van der Waals surface area contributed by atoms with Crippen molar-refractivity contribution in [2.24, 2.45) is 0 Å². The van der Waals surface area contributed by atoms with Gasteiger partial charge in [0.15, 0.2) is 0 Å². The molecule has 206 valence electrons. The minimum Gasteiger partial charge on any atom is -0.377 e. The van der Waals surface area contributed by atoms with E-state index in [1.165, 1.54) is 44.8 Å². The topological polar surface area (TPSA) is 98.5 Å². The summed E-state index contributed by atoms with van der Waals surface area (Å²) < 4.78 is 36.1. The maximum Gasteiger partial charge on any atom is 0.206 e. The first kappa shape index (κ1) is 30.5. The maximum atomic E-state index is 8.49. The van der Waals surface area contributed by atoms with E-state index in [0.717, 1.165) is 0 Å². The van der Waals surface area contributed by atoms with Crippen LogP contribution in [-0.4, -0.2) is 43.4 Å². The van der Waals surface area contributed by atoms with Gasteiger partial charge in [0.05, 0.1) is 0 Å². The lowest BCUT2D eigenvalue weighted by atomic mass is 10.0. The summed E-state index contributed by atoms with van der Waals surface area (Å²) in [5.41, 5.74) is 9.64. The number of hydrogen-bond donors (Lipinski definition) is 0. The lowest BCUT2D eigenvalue weighted by Crippen LogP contribution is -2.68. The van der Waals surface area contributed by atoms with Gasteiger partial charge in [0.2, 0.25) is 5.71 Å². The molecule has 0 amide bonds. The summed E-state index contributed by atoms with van der Waals surface area (Å²) >= 11 is 0. The highest BCUT2D eigenvalue weighted by Crippen LogP contribution is 2.24. The fraction of sp³-hybridized carbons (Fsp3) is 0.121. The van der Waals surface area contributed by atoms with Crippen LogP contribution in [0.25, 0.3) is 28.0 Å². The van der Waals surface area contributed by atoms with Gasteiger partial charge in [-0.2, -0.15) is 0 Å². The minimum absolute atomic E-state index is 1.17. The van der Waals surface area contributed by atoms with Gasteiger partial charge < -0.3 is 4.90 Å². The Morgan fingerprint density at radius 2 is 0.975 bits per heavy atom. The first-order valence-corrected chi connectivity index (χ1v) is 13.8. The van der Waals surface area contributed by atoms with Crippen molar-refractivity contribution < 1.29 is 33.5 Å². The third-order valence-electron chi connectivity index (χ3n) is 6.05. The van der Waals surface area contributed by atoms with Gasteiger partial charge in [-0.15, -0.1) is 10.2 Å². The van der Waals surface area contributed by atoms with Crippen molar-refractivity contribution >= 4 is 11.4 Å². The molecule has 0 saturated heterocycles. The predicted molar refractivity (Wildman–Crippen MR) is 151 cm³/mol. The highest BCUT2D eigenvalue weighted by Gasteiger charge is 2.09. The highest BCUT2D eigenvalue weighted by molar-refractivity contribution is 6.05. The second-order valence-electron chi connectivity index (χ2n) is 9.35. The number of benzene rings is 4. The monoisotopic (exact) mass is 556 g/mol. The van der Waals surface area contributed by atoms with Crippen molar-refractivity contribution in [2.45, 2.75) is 0 Å². The summed E-state index contributed by atoms with van der Waals surface area (Å²) in [4.78, 5) is 2.16. The van der Waals surface area contributed by atoms with E-state index >= 15 is 0 Å². The third-order valence-corrected chi connectivity index (χ3v) is 6.05. The summed E-state index contributed by atoms with van der Waals surface area (Å²) in [6.07, 6.45) is 6.50. The van der Waals surface area contributed by atoms with Crippen molar-refractivity contribution in [1.82, 2.24) is 4.90 Å². The number of allylic oxidation sites excluding steroid dienone is 3. The number of halogens is 1. The quantitative estimate of drug-likeness (QED) is 0.198. The third kappa shape index (κ3) is 9.61. The molecule has 0 saturated carbocycles. The summed E-state index contributed by atoms with van der Waals surface area (Å²) in [6, 6.07) is 38.5. The molecule has 0 spiro atoms. The minimum atomic E-state index is -4.94. The van der Waals surface area contributed by atoms with Crippen LogP contribution in [0.5, 0.6) is 0 Å². The van der Waals surface area contributed by atoms with Crippen LogP contribution in [0.3, 0.4) is 0 Å². The molecule has 4 aromatic carbocycles. The molecule has 0 unspecified atom stereocenters. The predicted octanol–water partition coefficient (Wildman–Crippen LogP) is 2.48. The fourth-order valence-corrected chi connectivity index (χ4v) is 4.17. The molecule has 4 aromatic rings. The Labute approximate surface area is 238 Å². The van der Waals surface area contributed by atoms with Crippen molar-refractivity contribution in [1.29, 1.82) is 0 Å². The maximum absolute atomic E-state index is 8.49. The Morgan fingerprint density at radius 3 is 1.35 bits per heavy atom. The van der Waals surface area contributed by atoms with E-state index in [2.05, 4.69) is 153 Å². The van der Waals surface area contributed by atoms with E-state index < -0.39 is 10.2 Å². The molecule has 0 aliphatic carbocycles. The van der Waals surface area contributed by atoms with Crippen LogP contribution in [0.4, 0.5) is 0 Å². The smallest absolute Gasteiger partial charge is 0.206 e. The number of nitrogens with zero attached hydrogens (tertiary/aromatic N) is 2. The van der Waals surface area contributed by atoms with Crippen LogP contribution in [0.1, 0.15) is 11.1 Å². The van der Waals surface area contributed by atoms with Gasteiger partial charge in [-0.3, -0.25) is 0 Å². The number of rotatable bonds is 7. The average Bonchev–Trinajstić information content (AvgIpc) is 2.93. The zero-order valence-electron chi connectivity index (χ0n) is 23.0. The van der Waals surface area contributed by atoms with Gasteiger partial charge in [0.1, 0.15) is 14.1 Å². The van der Waals surface area contributed by atoms with Crippen LogP contribution < -0.4 is 18.6 Å². The van der Waals surface area contributed by atoms with Crippen molar-refractivity contribution in [3.63, 3.8) is 0 Å². The molecule has 0 bridgehead atoms. The van der Waals surface area contributed by atoms with Crippen LogP contribution in [-0.2, 0) is 0 Å².